The van der Waals surface area contributed by atoms with Crippen LogP contribution in [0.15, 0.2) is 16.5 Å². The molecule has 2 rings (SSSR count). The first kappa shape index (κ1) is 17.7. The van der Waals surface area contributed by atoms with Crippen LogP contribution in [-0.2, 0) is 6.61 Å². The Kier molecular flexibility index (Phi) is 8.56. The molecule has 0 aliphatic carbocycles. The molecule has 1 aromatic heterocycles. The van der Waals surface area contributed by atoms with Gasteiger partial charge in [-0.1, -0.05) is 0 Å². The van der Waals surface area contributed by atoms with Crippen LogP contribution in [0.25, 0.3) is 0 Å². The van der Waals surface area contributed by atoms with E-state index in [1.54, 1.807) is 12.1 Å². The Labute approximate surface area is 118 Å². The lowest BCUT2D eigenvalue weighted by molar-refractivity contribution is 0.125. The smallest absolute Gasteiger partial charge is 0.129 e. The first-order valence-electron chi connectivity index (χ1n) is 5.55. The minimum absolute atomic E-state index is 0. The van der Waals surface area contributed by atoms with Crippen LogP contribution < -0.4 is 5.32 Å². The van der Waals surface area contributed by atoms with Crippen molar-refractivity contribution >= 4 is 24.8 Å². The predicted molar refractivity (Wildman–Crippen MR) is 72.3 cm³/mol. The van der Waals surface area contributed by atoms with Gasteiger partial charge >= 0.3 is 0 Å². The van der Waals surface area contributed by atoms with Gasteiger partial charge in [-0.15, -0.1) is 24.8 Å². The highest BCUT2D eigenvalue weighted by Gasteiger charge is 2.24. The number of hydrogen-bond donors (Lipinski definition) is 2. The van der Waals surface area contributed by atoms with Gasteiger partial charge in [0.1, 0.15) is 24.8 Å². The first-order chi connectivity index (χ1) is 7.85. The Bertz CT molecular complexity index is 333. The molecular formula is C11H19Cl2FN2O2. The van der Waals surface area contributed by atoms with Crippen molar-refractivity contribution in [3.8, 4) is 0 Å². The number of piperazine rings is 1. The molecule has 1 aromatic rings. The van der Waals surface area contributed by atoms with E-state index >= 15 is 0 Å². The van der Waals surface area contributed by atoms with E-state index in [4.69, 9.17) is 9.52 Å². The summed E-state index contributed by atoms with van der Waals surface area (Å²) in [5.74, 6) is 1.09. The highest BCUT2D eigenvalue weighted by atomic mass is 35.5. The Morgan fingerprint density at radius 2 is 2.00 bits per heavy atom. The SMILES string of the molecule is Cl.Cl.OCc1ccc([C@H](CF)N2CCNCC2)o1. The molecule has 1 aliphatic heterocycles. The van der Waals surface area contributed by atoms with Crippen LogP contribution >= 0.6 is 24.8 Å². The molecule has 0 unspecified atom stereocenters. The molecule has 106 valence electrons. The molecule has 1 aliphatic rings. The third-order valence-corrected chi connectivity index (χ3v) is 2.91. The fourth-order valence-electron chi connectivity index (χ4n) is 2.01. The third-order valence-electron chi connectivity index (χ3n) is 2.91. The lowest BCUT2D eigenvalue weighted by Gasteiger charge is -2.32. The number of rotatable bonds is 4. The molecule has 2 heterocycles. The summed E-state index contributed by atoms with van der Waals surface area (Å²) in [5.41, 5.74) is 0. The number of furan rings is 1. The van der Waals surface area contributed by atoms with Crippen molar-refractivity contribution < 1.29 is 13.9 Å². The molecule has 0 radical (unpaired) electrons. The number of aliphatic hydroxyl groups excluding tert-OH is 1. The Balaban J connectivity index is 0.00000144. The normalized spacial score (nSPS) is 17.7. The average Bonchev–Trinajstić information content (AvgIpc) is 2.80. The van der Waals surface area contributed by atoms with E-state index in [0.717, 1.165) is 26.2 Å². The highest BCUT2D eigenvalue weighted by Crippen LogP contribution is 2.23. The quantitative estimate of drug-likeness (QED) is 0.885. The molecule has 0 saturated carbocycles. The topological polar surface area (TPSA) is 48.6 Å². The van der Waals surface area contributed by atoms with E-state index in [2.05, 4.69) is 10.2 Å². The van der Waals surface area contributed by atoms with Crippen LogP contribution in [0.5, 0.6) is 0 Å². The molecule has 0 aromatic carbocycles. The van der Waals surface area contributed by atoms with Crippen molar-refractivity contribution in [1.82, 2.24) is 10.2 Å². The van der Waals surface area contributed by atoms with Crippen molar-refractivity contribution in [3.05, 3.63) is 23.7 Å². The van der Waals surface area contributed by atoms with Gasteiger partial charge in [-0.25, -0.2) is 4.39 Å². The lowest BCUT2D eigenvalue weighted by atomic mass is 10.2. The van der Waals surface area contributed by atoms with Gasteiger partial charge in [0.2, 0.25) is 0 Å². The van der Waals surface area contributed by atoms with Crippen LogP contribution in [0.1, 0.15) is 17.6 Å². The summed E-state index contributed by atoms with van der Waals surface area (Å²) in [6.07, 6.45) is 0. The van der Waals surface area contributed by atoms with Gasteiger partial charge in [0.05, 0.1) is 6.04 Å². The summed E-state index contributed by atoms with van der Waals surface area (Å²) in [7, 11) is 0. The number of hydrogen-bond acceptors (Lipinski definition) is 4. The van der Waals surface area contributed by atoms with Gasteiger partial charge < -0.3 is 14.8 Å². The van der Waals surface area contributed by atoms with E-state index in [-0.39, 0.29) is 37.5 Å². The number of halogens is 3. The van der Waals surface area contributed by atoms with Crippen LogP contribution in [-0.4, -0.2) is 42.9 Å². The van der Waals surface area contributed by atoms with E-state index < -0.39 is 6.67 Å². The van der Waals surface area contributed by atoms with Crippen molar-refractivity contribution in [1.29, 1.82) is 0 Å². The van der Waals surface area contributed by atoms with Crippen LogP contribution in [0.3, 0.4) is 0 Å². The molecule has 4 nitrogen and oxygen atoms in total. The lowest BCUT2D eigenvalue weighted by Crippen LogP contribution is -2.45. The second-order valence-electron chi connectivity index (χ2n) is 3.92. The van der Waals surface area contributed by atoms with Gasteiger partial charge in [-0.3, -0.25) is 4.90 Å². The summed E-state index contributed by atoms with van der Waals surface area (Å²) in [6, 6.07) is 3.13. The maximum absolute atomic E-state index is 13.1. The van der Waals surface area contributed by atoms with Crippen LogP contribution in [0.4, 0.5) is 4.39 Å². The van der Waals surface area contributed by atoms with Gasteiger partial charge in [0.25, 0.3) is 0 Å². The maximum Gasteiger partial charge on any atom is 0.129 e. The van der Waals surface area contributed by atoms with E-state index in [9.17, 15) is 4.39 Å². The largest absolute Gasteiger partial charge is 0.462 e. The van der Waals surface area contributed by atoms with Crippen molar-refractivity contribution in [2.24, 2.45) is 0 Å². The molecule has 0 amide bonds. The van der Waals surface area contributed by atoms with Crippen molar-refractivity contribution in [2.45, 2.75) is 12.6 Å². The monoisotopic (exact) mass is 300 g/mol. The zero-order chi connectivity index (χ0) is 11.4. The van der Waals surface area contributed by atoms with Gasteiger partial charge in [0.15, 0.2) is 0 Å². The van der Waals surface area contributed by atoms with Gasteiger partial charge in [-0.05, 0) is 12.1 Å². The minimum Gasteiger partial charge on any atom is -0.462 e. The molecule has 0 spiro atoms. The van der Waals surface area contributed by atoms with E-state index in [1.807, 2.05) is 0 Å². The first-order valence-corrected chi connectivity index (χ1v) is 5.55. The number of nitrogens with zero attached hydrogens (tertiary/aromatic N) is 1. The second kappa shape index (κ2) is 8.72. The molecule has 2 N–H and O–H groups in total. The molecular weight excluding hydrogens is 282 g/mol. The molecule has 1 atom stereocenters. The van der Waals surface area contributed by atoms with Crippen LogP contribution in [0.2, 0.25) is 0 Å². The minimum atomic E-state index is -0.460. The Morgan fingerprint density at radius 3 is 2.50 bits per heavy atom. The number of nitrogens with one attached hydrogen (secondary N) is 1. The summed E-state index contributed by atoms with van der Waals surface area (Å²) in [6.45, 7) is 2.81. The molecule has 18 heavy (non-hydrogen) atoms. The highest BCUT2D eigenvalue weighted by molar-refractivity contribution is 5.85. The Morgan fingerprint density at radius 1 is 1.33 bits per heavy atom. The van der Waals surface area contributed by atoms with E-state index in [0.29, 0.717) is 11.5 Å². The summed E-state index contributed by atoms with van der Waals surface area (Å²) < 4.78 is 18.4. The zero-order valence-electron chi connectivity index (χ0n) is 9.97. The summed E-state index contributed by atoms with van der Waals surface area (Å²) in [4.78, 5) is 2.07. The number of aliphatic hydroxyl groups is 1. The average molecular weight is 301 g/mol. The van der Waals surface area contributed by atoms with E-state index in [1.165, 1.54) is 0 Å². The standard InChI is InChI=1S/C11H17FN2O2.2ClH/c12-7-10(14-5-3-13-4-6-14)11-2-1-9(8-15)16-11;;/h1-2,10,13,15H,3-8H2;2*1H/t10-;;/m0../s1. The van der Waals surface area contributed by atoms with Crippen LogP contribution in [0, 0.1) is 0 Å². The van der Waals surface area contributed by atoms with Gasteiger partial charge in [0, 0.05) is 26.2 Å². The summed E-state index contributed by atoms with van der Waals surface area (Å²) >= 11 is 0. The van der Waals surface area contributed by atoms with Crippen molar-refractivity contribution in [2.75, 3.05) is 32.9 Å². The molecule has 1 fully saturated rings. The second-order valence-corrected chi connectivity index (χ2v) is 3.92. The molecule has 0 bridgehead atoms. The van der Waals surface area contributed by atoms with Gasteiger partial charge in [-0.2, -0.15) is 0 Å². The summed E-state index contributed by atoms with van der Waals surface area (Å²) in [5, 5.41) is 12.1. The van der Waals surface area contributed by atoms with Crippen molar-refractivity contribution in [3.63, 3.8) is 0 Å². The maximum atomic E-state index is 13.1. The zero-order valence-corrected chi connectivity index (χ0v) is 11.6. The fraction of sp³-hybridized carbons (Fsp3) is 0.636. The number of alkyl halides is 1. The molecule has 7 heteroatoms. The third kappa shape index (κ3) is 4.10. The predicted octanol–water partition coefficient (Wildman–Crippen LogP) is 1.53. The molecule has 1 saturated heterocycles. The fourth-order valence-corrected chi connectivity index (χ4v) is 2.01. The Hall–Kier alpha value is -0.330.